The Kier molecular flexibility index (Phi) is 3.84. The van der Waals surface area contributed by atoms with Gasteiger partial charge in [0.05, 0.1) is 11.1 Å². The van der Waals surface area contributed by atoms with E-state index in [1.54, 1.807) is 22.7 Å². The highest BCUT2D eigenvalue weighted by molar-refractivity contribution is 7.18. The summed E-state index contributed by atoms with van der Waals surface area (Å²) in [6.45, 7) is 5.11. The first-order valence-electron chi connectivity index (χ1n) is 6.57. The lowest BCUT2D eigenvalue weighted by atomic mass is 10.3. The van der Waals surface area contributed by atoms with E-state index >= 15 is 0 Å². The number of hydrogen-bond acceptors (Lipinski definition) is 6. The van der Waals surface area contributed by atoms with E-state index in [4.69, 9.17) is 0 Å². The Bertz CT molecular complexity index is 703. The summed E-state index contributed by atoms with van der Waals surface area (Å²) in [7, 11) is 0. The lowest BCUT2D eigenvalue weighted by molar-refractivity contribution is 0.958. The summed E-state index contributed by atoms with van der Waals surface area (Å²) in [6, 6.07) is 4.19. The Morgan fingerprint density at radius 3 is 2.95 bits per heavy atom. The Morgan fingerprint density at radius 1 is 1.30 bits per heavy atom. The molecular weight excluding hydrogens is 288 g/mol. The van der Waals surface area contributed by atoms with Crippen molar-refractivity contribution < 1.29 is 0 Å². The average Bonchev–Trinajstić information content (AvgIpc) is 3.05. The zero-order valence-corrected chi connectivity index (χ0v) is 13.1. The zero-order chi connectivity index (χ0) is 13.9. The molecule has 3 aromatic heterocycles. The first kappa shape index (κ1) is 13.3. The minimum Gasteiger partial charge on any atom is -0.354 e. The smallest absolute Gasteiger partial charge is 0.226 e. The second-order valence-electron chi connectivity index (χ2n) is 4.54. The highest BCUT2D eigenvalue weighted by atomic mass is 32.1. The molecule has 3 heterocycles. The molecule has 104 valence electrons. The monoisotopic (exact) mass is 304 g/mol. The van der Waals surface area contributed by atoms with Crippen molar-refractivity contribution >= 4 is 50.3 Å². The Morgan fingerprint density at radius 2 is 2.20 bits per heavy atom. The summed E-state index contributed by atoms with van der Waals surface area (Å²) in [6.07, 6.45) is 1.05. The molecule has 0 unspecified atom stereocenters. The van der Waals surface area contributed by atoms with E-state index in [1.807, 2.05) is 0 Å². The molecule has 0 saturated carbocycles. The van der Waals surface area contributed by atoms with Gasteiger partial charge >= 0.3 is 0 Å². The molecule has 0 spiro atoms. The van der Waals surface area contributed by atoms with Crippen LogP contribution in [-0.2, 0) is 0 Å². The van der Waals surface area contributed by atoms with E-state index in [-0.39, 0.29) is 0 Å². The molecule has 0 amide bonds. The Labute approximate surface area is 125 Å². The number of aryl methyl sites for hydroxylation is 1. The van der Waals surface area contributed by atoms with Crippen molar-refractivity contribution in [1.82, 2.24) is 9.97 Å². The van der Waals surface area contributed by atoms with Crippen molar-refractivity contribution in [3.63, 3.8) is 0 Å². The van der Waals surface area contributed by atoms with Crippen LogP contribution in [0.5, 0.6) is 0 Å². The molecule has 2 N–H and O–H groups in total. The highest BCUT2D eigenvalue weighted by Crippen LogP contribution is 2.31. The van der Waals surface area contributed by atoms with Crippen LogP contribution in [0.2, 0.25) is 0 Å². The third kappa shape index (κ3) is 2.76. The summed E-state index contributed by atoms with van der Waals surface area (Å²) in [5.74, 6) is 1.57. The molecule has 0 radical (unpaired) electrons. The molecule has 0 saturated heterocycles. The van der Waals surface area contributed by atoms with Crippen LogP contribution >= 0.6 is 22.7 Å². The fourth-order valence-corrected chi connectivity index (χ4v) is 3.39. The molecule has 0 aromatic carbocycles. The lowest BCUT2D eigenvalue weighted by Crippen LogP contribution is -2.05. The molecular formula is C14H16N4S2. The summed E-state index contributed by atoms with van der Waals surface area (Å²) >= 11 is 3.37. The second-order valence-corrected chi connectivity index (χ2v) is 6.55. The van der Waals surface area contributed by atoms with Crippen LogP contribution < -0.4 is 10.6 Å². The quantitative estimate of drug-likeness (QED) is 0.721. The molecule has 0 fully saturated rings. The van der Waals surface area contributed by atoms with Crippen LogP contribution in [0.25, 0.3) is 10.2 Å². The first-order valence-corrected chi connectivity index (χ1v) is 8.33. The number of hydrogen-bond donors (Lipinski definition) is 2. The topological polar surface area (TPSA) is 49.8 Å². The summed E-state index contributed by atoms with van der Waals surface area (Å²) in [5, 5.41) is 11.9. The van der Waals surface area contributed by atoms with E-state index < -0.39 is 0 Å². The van der Waals surface area contributed by atoms with Crippen LogP contribution in [0.1, 0.15) is 18.2 Å². The predicted octanol–water partition coefficient (Wildman–Crippen LogP) is 4.63. The number of fused-ring (bicyclic) bond motifs is 1. The van der Waals surface area contributed by atoms with Crippen LogP contribution in [-0.4, -0.2) is 16.5 Å². The van der Waals surface area contributed by atoms with Gasteiger partial charge in [-0.2, -0.15) is 16.3 Å². The standard InChI is InChI=1S/C14H16N4S2/c1-3-5-15-14-17-12(16-10-4-6-19-8-10)11-7-9(2)20-13(11)18-14/h4,6-8H,3,5H2,1-2H3,(H2,15,16,17,18). The third-order valence-electron chi connectivity index (χ3n) is 2.83. The number of rotatable bonds is 5. The van der Waals surface area contributed by atoms with Crippen molar-refractivity contribution in [3.8, 4) is 0 Å². The van der Waals surface area contributed by atoms with E-state index in [0.717, 1.165) is 34.7 Å². The van der Waals surface area contributed by atoms with Gasteiger partial charge in [-0.3, -0.25) is 0 Å². The SMILES string of the molecule is CCCNc1nc(Nc2ccsc2)c2cc(C)sc2n1. The summed E-state index contributed by atoms with van der Waals surface area (Å²) in [4.78, 5) is 11.5. The zero-order valence-electron chi connectivity index (χ0n) is 11.4. The first-order chi connectivity index (χ1) is 9.76. The second kappa shape index (κ2) is 5.76. The van der Waals surface area contributed by atoms with Gasteiger partial charge in [0.2, 0.25) is 5.95 Å². The molecule has 0 bridgehead atoms. The van der Waals surface area contributed by atoms with E-state index in [9.17, 15) is 0 Å². The molecule has 20 heavy (non-hydrogen) atoms. The molecule has 3 rings (SSSR count). The van der Waals surface area contributed by atoms with Gasteiger partial charge in [0.25, 0.3) is 0 Å². The molecule has 0 aliphatic carbocycles. The van der Waals surface area contributed by atoms with Crippen LogP contribution in [0.4, 0.5) is 17.5 Å². The number of aromatic nitrogens is 2. The van der Waals surface area contributed by atoms with E-state index in [2.05, 4.69) is 57.3 Å². The number of anilines is 3. The molecule has 6 heteroatoms. The van der Waals surface area contributed by atoms with Crippen molar-refractivity contribution in [3.05, 3.63) is 27.8 Å². The fourth-order valence-electron chi connectivity index (χ4n) is 1.93. The average molecular weight is 304 g/mol. The van der Waals surface area contributed by atoms with Gasteiger partial charge < -0.3 is 10.6 Å². The normalized spacial score (nSPS) is 10.9. The molecule has 0 atom stereocenters. The number of thiophene rings is 2. The molecule has 3 aromatic rings. The van der Waals surface area contributed by atoms with E-state index in [1.165, 1.54) is 4.88 Å². The van der Waals surface area contributed by atoms with Gasteiger partial charge in [-0.25, -0.2) is 4.98 Å². The largest absolute Gasteiger partial charge is 0.354 e. The van der Waals surface area contributed by atoms with Gasteiger partial charge in [-0.15, -0.1) is 11.3 Å². The van der Waals surface area contributed by atoms with Crippen molar-refractivity contribution in [2.24, 2.45) is 0 Å². The van der Waals surface area contributed by atoms with Crippen molar-refractivity contribution in [2.75, 3.05) is 17.2 Å². The van der Waals surface area contributed by atoms with Crippen molar-refractivity contribution in [1.29, 1.82) is 0 Å². The van der Waals surface area contributed by atoms with Crippen LogP contribution in [0.3, 0.4) is 0 Å². The van der Waals surface area contributed by atoms with Gasteiger partial charge in [0.1, 0.15) is 10.6 Å². The third-order valence-corrected chi connectivity index (χ3v) is 4.46. The summed E-state index contributed by atoms with van der Waals surface area (Å²) in [5.41, 5.74) is 1.07. The van der Waals surface area contributed by atoms with Crippen LogP contribution in [0.15, 0.2) is 22.9 Å². The molecule has 0 aliphatic rings. The number of nitrogens with one attached hydrogen (secondary N) is 2. The van der Waals surface area contributed by atoms with Gasteiger partial charge in [-0.05, 0) is 30.9 Å². The minimum atomic E-state index is 0.693. The Balaban J connectivity index is 2.02. The van der Waals surface area contributed by atoms with Gasteiger partial charge in [0.15, 0.2) is 0 Å². The maximum absolute atomic E-state index is 4.60. The van der Waals surface area contributed by atoms with Gasteiger partial charge in [-0.1, -0.05) is 6.92 Å². The fraction of sp³-hybridized carbons (Fsp3) is 0.286. The minimum absolute atomic E-state index is 0.693. The molecule has 4 nitrogen and oxygen atoms in total. The molecule has 0 aliphatic heterocycles. The number of nitrogens with zero attached hydrogens (tertiary/aromatic N) is 2. The van der Waals surface area contributed by atoms with Gasteiger partial charge in [0, 0.05) is 16.8 Å². The van der Waals surface area contributed by atoms with Crippen molar-refractivity contribution in [2.45, 2.75) is 20.3 Å². The van der Waals surface area contributed by atoms with E-state index in [0.29, 0.717) is 5.95 Å². The maximum atomic E-state index is 4.60. The maximum Gasteiger partial charge on any atom is 0.226 e. The lowest BCUT2D eigenvalue weighted by Gasteiger charge is -2.08. The summed E-state index contributed by atoms with van der Waals surface area (Å²) < 4.78 is 0. The predicted molar refractivity (Wildman–Crippen MR) is 88.5 cm³/mol. The highest BCUT2D eigenvalue weighted by Gasteiger charge is 2.10. The van der Waals surface area contributed by atoms with Crippen LogP contribution in [0, 0.1) is 6.92 Å². The Hall–Kier alpha value is -1.66.